The summed E-state index contributed by atoms with van der Waals surface area (Å²) in [5.74, 6) is -1.11. The molecule has 0 aliphatic rings. The molecule has 0 saturated carbocycles. The quantitative estimate of drug-likeness (QED) is 0.803. The Kier molecular flexibility index (Phi) is 4.58. The minimum Gasteiger partial charge on any atom is -0.480 e. The summed E-state index contributed by atoms with van der Waals surface area (Å²) in [7, 11) is 0. The van der Waals surface area contributed by atoms with Crippen LogP contribution in [0.15, 0.2) is 6.20 Å². The van der Waals surface area contributed by atoms with Gasteiger partial charge in [0.2, 0.25) is 5.13 Å². The van der Waals surface area contributed by atoms with Crippen LogP contribution in [0, 0.1) is 5.92 Å². The Hall–Kier alpha value is -2.36. The number of rotatable bonds is 6. The zero-order valence-corrected chi connectivity index (χ0v) is 12.3. The van der Waals surface area contributed by atoms with Crippen LogP contribution in [0.4, 0.5) is 5.13 Å². The molecule has 0 fully saturated rings. The third-order valence-electron chi connectivity index (χ3n) is 2.34. The van der Waals surface area contributed by atoms with Crippen molar-refractivity contribution in [1.29, 1.82) is 0 Å². The molecule has 0 aliphatic carbocycles. The fourth-order valence-electron chi connectivity index (χ4n) is 1.52. The first-order valence-electron chi connectivity index (χ1n) is 6.19. The zero-order valence-electron chi connectivity index (χ0n) is 11.5. The molecule has 0 aromatic carbocycles. The molecule has 0 spiro atoms. The number of carbonyl (C=O) groups excluding carboxylic acids is 1. The number of nitrogens with one attached hydrogen (secondary N) is 1. The topological polar surface area (TPSA) is 123 Å². The predicted octanol–water partition coefficient (Wildman–Crippen LogP) is 0.665. The minimum absolute atomic E-state index is 0.0249. The third kappa shape index (κ3) is 4.31. The number of aromatic nitrogens is 5. The molecule has 2 N–H and O–H groups in total. The SMILES string of the molecule is CC(C)Cc1nnc(NC(=O)c2cn(CC(=O)O)nn2)s1. The first-order valence-corrected chi connectivity index (χ1v) is 7.01. The van der Waals surface area contributed by atoms with Crippen molar-refractivity contribution < 1.29 is 14.7 Å². The molecule has 2 rings (SSSR count). The molecule has 0 atom stereocenters. The highest BCUT2D eigenvalue weighted by atomic mass is 32.1. The van der Waals surface area contributed by atoms with Crippen molar-refractivity contribution in [2.24, 2.45) is 5.92 Å². The molecule has 9 nitrogen and oxygen atoms in total. The molecule has 0 unspecified atom stereocenters. The van der Waals surface area contributed by atoms with Crippen molar-refractivity contribution in [1.82, 2.24) is 25.2 Å². The Balaban J connectivity index is 1.99. The van der Waals surface area contributed by atoms with E-state index >= 15 is 0 Å². The maximum atomic E-state index is 11.9. The standard InChI is InChI=1S/C11H14N6O3S/c1-6(2)3-8-14-15-11(21-8)12-10(20)7-4-17(16-13-7)5-9(18)19/h4,6H,3,5H2,1-2H3,(H,18,19)(H,12,15,20). The van der Waals surface area contributed by atoms with Crippen LogP contribution in [0.2, 0.25) is 0 Å². The van der Waals surface area contributed by atoms with Crippen LogP contribution in [-0.4, -0.2) is 42.2 Å². The average molecular weight is 310 g/mol. The molecule has 112 valence electrons. The lowest BCUT2D eigenvalue weighted by molar-refractivity contribution is -0.137. The minimum atomic E-state index is -1.06. The van der Waals surface area contributed by atoms with Crippen LogP contribution in [0.5, 0.6) is 0 Å². The van der Waals surface area contributed by atoms with Gasteiger partial charge in [-0.15, -0.1) is 15.3 Å². The lowest BCUT2D eigenvalue weighted by Crippen LogP contribution is -2.12. The summed E-state index contributed by atoms with van der Waals surface area (Å²) in [5, 5.41) is 27.4. The molecule has 0 aliphatic heterocycles. The van der Waals surface area contributed by atoms with Crippen LogP contribution < -0.4 is 5.32 Å². The molecular formula is C11H14N6O3S. The van der Waals surface area contributed by atoms with Gasteiger partial charge in [-0.3, -0.25) is 14.9 Å². The van der Waals surface area contributed by atoms with E-state index in [4.69, 9.17) is 5.11 Å². The van der Waals surface area contributed by atoms with Crippen LogP contribution >= 0.6 is 11.3 Å². The predicted molar refractivity (Wildman–Crippen MR) is 74.1 cm³/mol. The van der Waals surface area contributed by atoms with Gasteiger partial charge in [0.25, 0.3) is 5.91 Å². The number of carboxylic acids is 1. The Morgan fingerprint density at radius 3 is 2.81 bits per heavy atom. The van der Waals surface area contributed by atoms with Gasteiger partial charge in [-0.05, 0) is 5.92 Å². The van der Waals surface area contributed by atoms with Gasteiger partial charge in [0.05, 0.1) is 6.20 Å². The molecule has 21 heavy (non-hydrogen) atoms. The normalized spacial score (nSPS) is 10.8. The number of nitrogens with zero attached hydrogens (tertiary/aromatic N) is 5. The van der Waals surface area contributed by atoms with E-state index in [0.29, 0.717) is 11.0 Å². The van der Waals surface area contributed by atoms with Gasteiger partial charge in [0.1, 0.15) is 11.6 Å². The summed E-state index contributed by atoms with van der Waals surface area (Å²) >= 11 is 1.30. The van der Waals surface area contributed by atoms with Crippen molar-refractivity contribution >= 4 is 28.3 Å². The highest BCUT2D eigenvalue weighted by molar-refractivity contribution is 7.15. The van der Waals surface area contributed by atoms with Gasteiger partial charge in [-0.2, -0.15) is 0 Å². The van der Waals surface area contributed by atoms with E-state index in [2.05, 4.69) is 39.7 Å². The average Bonchev–Trinajstić information content (AvgIpc) is 2.97. The van der Waals surface area contributed by atoms with Gasteiger partial charge in [-0.1, -0.05) is 30.4 Å². The van der Waals surface area contributed by atoms with E-state index in [1.807, 2.05) is 0 Å². The summed E-state index contributed by atoms with van der Waals surface area (Å²) in [6.45, 7) is 3.79. The number of carbonyl (C=O) groups is 2. The van der Waals surface area contributed by atoms with Gasteiger partial charge < -0.3 is 5.11 Å². The second-order valence-corrected chi connectivity index (χ2v) is 5.81. The number of carboxylic acid groups (broad SMARTS) is 1. The van der Waals surface area contributed by atoms with Crippen LogP contribution in [0.25, 0.3) is 0 Å². The number of anilines is 1. The van der Waals surface area contributed by atoms with E-state index in [9.17, 15) is 9.59 Å². The van der Waals surface area contributed by atoms with Gasteiger partial charge in [0.15, 0.2) is 5.69 Å². The van der Waals surface area contributed by atoms with Crippen LogP contribution in [0.1, 0.15) is 29.3 Å². The van der Waals surface area contributed by atoms with Crippen molar-refractivity contribution in [3.63, 3.8) is 0 Å². The smallest absolute Gasteiger partial charge is 0.325 e. The maximum Gasteiger partial charge on any atom is 0.325 e. The number of amides is 1. The molecular weight excluding hydrogens is 296 g/mol. The highest BCUT2D eigenvalue weighted by Crippen LogP contribution is 2.18. The first kappa shape index (κ1) is 15.0. The van der Waals surface area contributed by atoms with E-state index in [1.54, 1.807) is 0 Å². The summed E-state index contributed by atoms with van der Waals surface area (Å²) in [6, 6.07) is 0. The van der Waals surface area contributed by atoms with Crippen molar-refractivity contribution in [2.75, 3.05) is 5.32 Å². The van der Waals surface area contributed by atoms with E-state index in [-0.39, 0.29) is 12.2 Å². The molecule has 1 amide bonds. The number of hydrogen-bond donors (Lipinski definition) is 2. The summed E-state index contributed by atoms with van der Waals surface area (Å²) in [6.07, 6.45) is 2.06. The maximum absolute atomic E-state index is 11.9. The molecule has 2 aromatic heterocycles. The third-order valence-corrected chi connectivity index (χ3v) is 3.20. The first-order chi connectivity index (χ1) is 9.94. The van der Waals surface area contributed by atoms with Gasteiger partial charge in [0, 0.05) is 6.42 Å². The number of aliphatic carboxylic acids is 1. The Morgan fingerprint density at radius 2 is 2.14 bits per heavy atom. The van der Waals surface area contributed by atoms with Crippen LogP contribution in [0.3, 0.4) is 0 Å². The molecule has 0 radical (unpaired) electrons. The second-order valence-electron chi connectivity index (χ2n) is 4.75. The molecule has 2 aromatic rings. The molecule has 2 heterocycles. The van der Waals surface area contributed by atoms with E-state index in [1.165, 1.54) is 17.5 Å². The second kappa shape index (κ2) is 6.39. The van der Waals surface area contributed by atoms with Crippen molar-refractivity contribution in [2.45, 2.75) is 26.8 Å². The van der Waals surface area contributed by atoms with E-state index < -0.39 is 11.9 Å². The Labute approximate surface area is 124 Å². The fraction of sp³-hybridized carbons (Fsp3) is 0.455. The highest BCUT2D eigenvalue weighted by Gasteiger charge is 2.15. The van der Waals surface area contributed by atoms with Crippen LogP contribution in [-0.2, 0) is 17.8 Å². The monoisotopic (exact) mass is 310 g/mol. The van der Waals surface area contributed by atoms with Gasteiger partial charge >= 0.3 is 5.97 Å². The van der Waals surface area contributed by atoms with Gasteiger partial charge in [-0.25, -0.2) is 4.68 Å². The lowest BCUT2D eigenvalue weighted by Gasteiger charge is -1.97. The zero-order chi connectivity index (χ0) is 15.4. The Morgan fingerprint density at radius 1 is 1.38 bits per heavy atom. The molecule has 0 saturated heterocycles. The Bertz CT molecular complexity index is 650. The largest absolute Gasteiger partial charge is 0.480 e. The van der Waals surface area contributed by atoms with E-state index in [0.717, 1.165) is 16.1 Å². The fourth-order valence-corrected chi connectivity index (χ4v) is 2.46. The van der Waals surface area contributed by atoms with Crippen molar-refractivity contribution in [3.05, 3.63) is 16.9 Å². The molecule has 0 bridgehead atoms. The van der Waals surface area contributed by atoms with Crippen molar-refractivity contribution in [3.8, 4) is 0 Å². The summed E-state index contributed by atoms with van der Waals surface area (Å²) in [4.78, 5) is 22.4. The summed E-state index contributed by atoms with van der Waals surface area (Å²) < 4.78 is 1.07. The molecule has 10 heteroatoms. The summed E-state index contributed by atoms with van der Waals surface area (Å²) in [5.41, 5.74) is 0.0249. The lowest BCUT2D eigenvalue weighted by atomic mass is 10.1. The number of hydrogen-bond acceptors (Lipinski definition) is 7.